The molecule has 1 atom stereocenters. The van der Waals surface area contributed by atoms with Gasteiger partial charge in [0.05, 0.1) is 13.2 Å². The van der Waals surface area contributed by atoms with E-state index in [2.05, 4.69) is 18.2 Å². The molecule has 0 radical (unpaired) electrons. The molecule has 1 aliphatic heterocycles. The van der Waals surface area contributed by atoms with Gasteiger partial charge in [0.25, 0.3) is 0 Å². The number of hydrogen-bond donors (Lipinski definition) is 0. The lowest BCUT2D eigenvalue weighted by Gasteiger charge is -2.01. The minimum Gasteiger partial charge on any atom is -0.380 e. The van der Waals surface area contributed by atoms with Crippen LogP contribution in [0.2, 0.25) is 0 Å². The van der Waals surface area contributed by atoms with E-state index in [0.29, 0.717) is 12.7 Å². The lowest BCUT2D eigenvalue weighted by atomic mass is 10.1. The second-order valence-corrected chi connectivity index (χ2v) is 3.00. The summed E-state index contributed by atoms with van der Waals surface area (Å²) < 4.78 is 10.2. The van der Waals surface area contributed by atoms with Gasteiger partial charge in [-0.05, 0) is 11.1 Å². The summed E-state index contributed by atoms with van der Waals surface area (Å²) in [6, 6.07) is 8.35. The first-order valence-corrected chi connectivity index (χ1v) is 4.09. The van der Waals surface area contributed by atoms with Crippen LogP contribution in [-0.2, 0) is 16.1 Å². The first-order valence-electron chi connectivity index (χ1n) is 4.09. The van der Waals surface area contributed by atoms with Gasteiger partial charge in [-0.1, -0.05) is 24.3 Å². The van der Waals surface area contributed by atoms with Crippen molar-refractivity contribution in [2.75, 3.05) is 13.7 Å². The Morgan fingerprint density at radius 2 is 2.42 bits per heavy atom. The first-order chi connectivity index (χ1) is 5.90. The Bertz CT molecular complexity index is 266. The summed E-state index contributed by atoms with van der Waals surface area (Å²) in [5.74, 6) is 0. The van der Waals surface area contributed by atoms with Gasteiger partial charge in [-0.3, -0.25) is 0 Å². The van der Waals surface area contributed by atoms with Crippen molar-refractivity contribution in [3.05, 3.63) is 35.4 Å². The topological polar surface area (TPSA) is 21.8 Å². The zero-order valence-electron chi connectivity index (χ0n) is 7.12. The van der Waals surface area contributed by atoms with Crippen molar-refractivity contribution in [3.8, 4) is 0 Å². The van der Waals surface area contributed by atoms with Crippen LogP contribution in [0.5, 0.6) is 0 Å². The molecule has 64 valence electrons. The summed E-state index contributed by atoms with van der Waals surface area (Å²) in [5, 5.41) is 0. The Kier molecular flexibility index (Phi) is 2.11. The minimum atomic E-state index is 0.349. The maximum atomic E-state index is 5.19. The van der Waals surface area contributed by atoms with Crippen LogP contribution >= 0.6 is 0 Å². The van der Waals surface area contributed by atoms with Gasteiger partial charge in [-0.25, -0.2) is 0 Å². The molecule has 0 spiro atoms. The van der Waals surface area contributed by atoms with Crippen molar-refractivity contribution in [2.24, 2.45) is 0 Å². The summed E-state index contributed by atoms with van der Waals surface area (Å²) in [7, 11) is 1.71. The van der Waals surface area contributed by atoms with E-state index >= 15 is 0 Å². The quantitative estimate of drug-likeness (QED) is 0.636. The summed E-state index contributed by atoms with van der Waals surface area (Å²) in [4.78, 5) is 0. The number of epoxide rings is 1. The molecular weight excluding hydrogens is 152 g/mol. The maximum Gasteiger partial charge on any atom is 0.106 e. The summed E-state index contributed by atoms with van der Waals surface area (Å²) >= 11 is 0. The second-order valence-electron chi connectivity index (χ2n) is 3.00. The Morgan fingerprint density at radius 1 is 1.58 bits per heavy atom. The molecular formula is C10H12O2. The third-order valence-corrected chi connectivity index (χ3v) is 1.97. The van der Waals surface area contributed by atoms with E-state index in [0.717, 1.165) is 6.61 Å². The SMILES string of the molecule is COCc1cccc([C@@H]2CO2)c1. The molecule has 2 rings (SSSR count). The van der Waals surface area contributed by atoms with E-state index in [4.69, 9.17) is 9.47 Å². The fourth-order valence-corrected chi connectivity index (χ4v) is 1.29. The fraction of sp³-hybridized carbons (Fsp3) is 0.400. The highest BCUT2D eigenvalue weighted by atomic mass is 16.6. The molecule has 0 unspecified atom stereocenters. The van der Waals surface area contributed by atoms with Crippen LogP contribution in [0.15, 0.2) is 24.3 Å². The predicted octanol–water partition coefficient (Wildman–Crippen LogP) is 1.90. The van der Waals surface area contributed by atoms with Crippen LogP contribution in [0.4, 0.5) is 0 Å². The Morgan fingerprint density at radius 3 is 3.08 bits per heavy atom. The molecule has 0 aliphatic carbocycles. The van der Waals surface area contributed by atoms with Gasteiger partial charge < -0.3 is 9.47 Å². The molecule has 2 heteroatoms. The number of rotatable bonds is 3. The van der Waals surface area contributed by atoms with Gasteiger partial charge >= 0.3 is 0 Å². The Labute approximate surface area is 72.1 Å². The van der Waals surface area contributed by atoms with E-state index in [1.54, 1.807) is 7.11 Å². The fourth-order valence-electron chi connectivity index (χ4n) is 1.29. The highest BCUT2D eigenvalue weighted by Crippen LogP contribution is 2.29. The Balaban J connectivity index is 2.15. The lowest BCUT2D eigenvalue weighted by Crippen LogP contribution is -1.89. The zero-order chi connectivity index (χ0) is 8.39. The largest absolute Gasteiger partial charge is 0.380 e. The molecule has 0 N–H and O–H groups in total. The van der Waals surface area contributed by atoms with Crippen LogP contribution < -0.4 is 0 Å². The predicted molar refractivity (Wildman–Crippen MR) is 45.8 cm³/mol. The van der Waals surface area contributed by atoms with Crippen molar-refractivity contribution in [2.45, 2.75) is 12.7 Å². The van der Waals surface area contributed by atoms with Gasteiger partial charge in [0.1, 0.15) is 6.10 Å². The van der Waals surface area contributed by atoms with Crippen molar-refractivity contribution >= 4 is 0 Å². The van der Waals surface area contributed by atoms with Crippen molar-refractivity contribution < 1.29 is 9.47 Å². The molecule has 2 nitrogen and oxygen atoms in total. The average Bonchev–Trinajstić information content (AvgIpc) is 2.88. The lowest BCUT2D eigenvalue weighted by molar-refractivity contribution is 0.185. The smallest absolute Gasteiger partial charge is 0.106 e. The van der Waals surface area contributed by atoms with E-state index in [1.807, 2.05) is 6.07 Å². The Hall–Kier alpha value is -0.860. The van der Waals surface area contributed by atoms with Gasteiger partial charge in [-0.2, -0.15) is 0 Å². The third-order valence-electron chi connectivity index (χ3n) is 1.97. The number of methoxy groups -OCH3 is 1. The van der Waals surface area contributed by atoms with Crippen LogP contribution in [0.3, 0.4) is 0 Å². The van der Waals surface area contributed by atoms with E-state index in [9.17, 15) is 0 Å². The summed E-state index contributed by atoms with van der Waals surface area (Å²) in [5.41, 5.74) is 2.48. The molecule has 0 amide bonds. The highest BCUT2D eigenvalue weighted by Gasteiger charge is 2.24. The number of hydrogen-bond acceptors (Lipinski definition) is 2. The maximum absolute atomic E-state index is 5.19. The number of benzene rings is 1. The summed E-state index contributed by atoms with van der Waals surface area (Å²) in [6.45, 7) is 1.55. The van der Waals surface area contributed by atoms with E-state index in [-0.39, 0.29) is 0 Å². The molecule has 12 heavy (non-hydrogen) atoms. The first kappa shape index (κ1) is 7.77. The van der Waals surface area contributed by atoms with Gasteiger partial charge in [-0.15, -0.1) is 0 Å². The van der Waals surface area contributed by atoms with E-state index in [1.165, 1.54) is 11.1 Å². The molecule has 1 aromatic carbocycles. The molecule has 1 heterocycles. The van der Waals surface area contributed by atoms with Gasteiger partial charge in [0.2, 0.25) is 0 Å². The van der Waals surface area contributed by atoms with Crippen LogP contribution in [-0.4, -0.2) is 13.7 Å². The van der Waals surface area contributed by atoms with Crippen molar-refractivity contribution in [1.29, 1.82) is 0 Å². The minimum absolute atomic E-state index is 0.349. The van der Waals surface area contributed by atoms with Crippen LogP contribution in [0, 0.1) is 0 Å². The van der Waals surface area contributed by atoms with Crippen LogP contribution in [0.1, 0.15) is 17.2 Å². The molecule has 1 saturated heterocycles. The van der Waals surface area contributed by atoms with Crippen LogP contribution in [0.25, 0.3) is 0 Å². The van der Waals surface area contributed by atoms with Gasteiger partial charge in [0, 0.05) is 7.11 Å². The molecule has 0 aromatic heterocycles. The summed E-state index contributed by atoms with van der Waals surface area (Å²) in [6.07, 6.45) is 0.349. The molecule has 1 aromatic rings. The van der Waals surface area contributed by atoms with Crippen molar-refractivity contribution in [1.82, 2.24) is 0 Å². The second kappa shape index (κ2) is 3.25. The van der Waals surface area contributed by atoms with Crippen molar-refractivity contribution in [3.63, 3.8) is 0 Å². The standard InChI is InChI=1S/C10H12O2/c1-11-6-8-3-2-4-9(5-8)10-7-12-10/h2-5,10H,6-7H2,1H3/t10-/m0/s1. The van der Waals surface area contributed by atoms with E-state index < -0.39 is 0 Å². The molecule has 1 fully saturated rings. The third kappa shape index (κ3) is 1.65. The number of ether oxygens (including phenoxy) is 2. The monoisotopic (exact) mass is 164 g/mol. The average molecular weight is 164 g/mol. The normalized spacial score (nSPS) is 20.9. The highest BCUT2D eigenvalue weighted by molar-refractivity contribution is 5.26. The molecule has 0 bridgehead atoms. The zero-order valence-corrected chi connectivity index (χ0v) is 7.12. The van der Waals surface area contributed by atoms with Gasteiger partial charge in [0.15, 0.2) is 0 Å². The molecule has 1 aliphatic rings. The molecule has 0 saturated carbocycles.